The van der Waals surface area contributed by atoms with Crippen LogP contribution in [-0.4, -0.2) is 45.3 Å². The second-order valence-electron chi connectivity index (χ2n) is 6.31. The average Bonchev–Trinajstić information content (AvgIpc) is 3.15. The fourth-order valence-electron chi connectivity index (χ4n) is 3.06. The predicted octanol–water partition coefficient (Wildman–Crippen LogP) is 2.22. The second-order valence-corrected chi connectivity index (χ2v) is 6.31. The van der Waals surface area contributed by atoms with Gasteiger partial charge in [0.05, 0.1) is 17.4 Å². The molecule has 124 valence electrons. The minimum Gasteiger partial charge on any atom is -0.338 e. The Hall–Kier alpha value is -2.15. The van der Waals surface area contributed by atoms with Crippen molar-refractivity contribution in [3.8, 4) is 0 Å². The molecule has 2 atom stereocenters. The molecule has 2 N–H and O–H groups in total. The number of amides is 1. The minimum absolute atomic E-state index is 0.0694. The summed E-state index contributed by atoms with van der Waals surface area (Å²) in [4.78, 5) is 14.6. The monoisotopic (exact) mass is 317 g/mol. The number of aromatic amines is 1. The highest BCUT2D eigenvalue weighted by Gasteiger charge is 2.29. The van der Waals surface area contributed by atoms with Gasteiger partial charge in [-0.15, -0.1) is 0 Å². The first-order valence-electron chi connectivity index (χ1n) is 8.03. The summed E-state index contributed by atoms with van der Waals surface area (Å²) in [5.41, 5.74) is 2.91. The Morgan fingerprint density at radius 2 is 2.30 bits per heavy atom. The number of likely N-dealkylation sites (tertiary alicyclic amines) is 1. The molecule has 0 aromatic carbocycles. The highest BCUT2D eigenvalue weighted by Crippen LogP contribution is 2.27. The molecule has 7 heteroatoms. The molecule has 2 aromatic heterocycles. The molecule has 0 saturated carbocycles. The van der Waals surface area contributed by atoms with Crippen molar-refractivity contribution in [2.24, 2.45) is 0 Å². The van der Waals surface area contributed by atoms with Gasteiger partial charge in [0.25, 0.3) is 0 Å². The first kappa shape index (κ1) is 15.7. The summed E-state index contributed by atoms with van der Waals surface area (Å²) in [5, 5.41) is 13.9. The van der Waals surface area contributed by atoms with Crippen LogP contribution in [0.3, 0.4) is 0 Å². The van der Waals surface area contributed by atoms with Crippen molar-refractivity contribution in [3.05, 3.63) is 29.2 Å². The summed E-state index contributed by atoms with van der Waals surface area (Å²) in [5.74, 6) is 0.701. The largest absolute Gasteiger partial charge is 0.338 e. The van der Waals surface area contributed by atoms with Crippen LogP contribution in [-0.2, 0) is 4.79 Å². The highest BCUT2D eigenvalue weighted by molar-refractivity contribution is 5.93. The van der Waals surface area contributed by atoms with Crippen molar-refractivity contribution in [1.29, 1.82) is 0 Å². The number of rotatable bonds is 4. The summed E-state index contributed by atoms with van der Waals surface area (Å²) < 4.78 is 5.05. The molecule has 1 fully saturated rings. The molecule has 3 heterocycles. The molecule has 0 spiro atoms. The molecular weight excluding hydrogens is 294 g/mol. The normalized spacial score (nSPS) is 20.4. The van der Waals surface area contributed by atoms with Crippen LogP contribution >= 0.6 is 0 Å². The molecule has 1 aliphatic heterocycles. The Morgan fingerprint density at radius 1 is 1.48 bits per heavy atom. The van der Waals surface area contributed by atoms with E-state index in [4.69, 9.17) is 4.52 Å². The van der Waals surface area contributed by atoms with Gasteiger partial charge < -0.3 is 4.52 Å². The molecule has 7 nitrogen and oxygen atoms in total. The fourth-order valence-corrected chi connectivity index (χ4v) is 3.06. The lowest BCUT2D eigenvalue weighted by Gasteiger charge is -2.35. The zero-order valence-electron chi connectivity index (χ0n) is 13.8. The van der Waals surface area contributed by atoms with E-state index in [1.54, 1.807) is 6.07 Å². The lowest BCUT2D eigenvalue weighted by atomic mass is 9.93. The van der Waals surface area contributed by atoms with Crippen LogP contribution in [0.25, 0.3) is 0 Å². The van der Waals surface area contributed by atoms with E-state index in [1.807, 2.05) is 20.8 Å². The quantitative estimate of drug-likeness (QED) is 0.903. The Balaban J connectivity index is 1.62. The Bertz CT molecular complexity index is 678. The number of nitrogens with one attached hydrogen (secondary N) is 2. The van der Waals surface area contributed by atoms with Gasteiger partial charge in [-0.3, -0.25) is 20.1 Å². The number of hydrogen-bond donors (Lipinski definition) is 2. The second kappa shape index (κ2) is 6.54. The number of anilines is 1. The predicted molar refractivity (Wildman–Crippen MR) is 86.2 cm³/mol. The third kappa shape index (κ3) is 3.61. The average molecular weight is 317 g/mol. The molecule has 0 aliphatic carbocycles. The van der Waals surface area contributed by atoms with Gasteiger partial charge in [-0.2, -0.15) is 5.10 Å². The zero-order chi connectivity index (χ0) is 16.4. The molecule has 1 saturated heterocycles. The van der Waals surface area contributed by atoms with Crippen LogP contribution in [0.15, 0.2) is 16.7 Å². The van der Waals surface area contributed by atoms with Crippen molar-refractivity contribution in [1.82, 2.24) is 20.3 Å². The topological polar surface area (TPSA) is 87.0 Å². The first-order chi connectivity index (χ1) is 11.0. The van der Waals surface area contributed by atoms with Crippen LogP contribution in [0.2, 0.25) is 0 Å². The number of H-pyrrole nitrogens is 1. The van der Waals surface area contributed by atoms with Gasteiger partial charge in [-0.05, 0) is 46.2 Å². The number of aromatic nitrogens is 3. The number of nitrogens with zero attached hydrogens (tertiary/aromatic N) is 3. The maximum absolute atomic E-state index is 12.4. The lowest BCUT2D eigenvalue weighted by Crippen LogP contribution is -2.46. The van der Waals surface area contributed by atoms with E-state index in [9.17, 15) is 4.79 Å². The maximum atomic E-state index is 12.4. The molecule has 1 aliphatic rings. The van der Waals surface area contributed by atoms with Crippen molar-refractivity contribution < 1.29 is 9.32 Å². The van der Waals surface area contributed by atoms with Crippen LogP contribution < -0.4 is 5.32 Å². The van der Waals surface area contributed by atoms with E-state index in [1.165, 1.54) is 0 Å². The van der Waals surface area contributed by atoms with E-state index in [0.717, 1.165) is 43.0 Å². The third-order valence-corrected chi connectivity index (χ3v) is 4.40. The summed E-state index contributed by atoms with van der Waals surface area (Å²) >= 11 is 0. The van der Waals surface area contributed by atoms with Crippen LogP contribution in [0, 0.1) is 13.8 Å². The minimum atomic E-state index is -0.219. The first-order valence-corrected chi connectivity index (χ1v) is 8.03. The van der Waals surface area contributed by atoms with Gasteiger partial charge in [0.2, 0.25) is 11.8 Å². The lowest BCUT2D eigenvalue weighted by molar-refractivity contribution is -0.121. The molecule has 0 radical (unpaired) electrons. The zero-order valence-corrected chi connectivity index (χ0v) is 13.8. The number of piperidine rings is 1. The van der Waals surface area contributed by atoms with Crippen molar-refractivity contribution in [2.45, 2.75) is 45.6 Å². The van der Waals surface area contributed by atoms with Crippen molar-refractivity contribution in [2.75, 3.05) is 18.4 Å². The van der Waals surface area contributed by atoms with E-state index >= 15 is 0 Å². The van der Waals surface area contributed by atoms with E-state index in [-0.39, 0.29) is 11.9 Å². The van der Waals surface area contributed by atoms with Crippen molar-refractivity contribution in [3.63, 3.8) is 0 Å². The van der Waals surface area contributed by atoms with Crippen LogP contribution in [0.4, 0.5) is 5.88 Å². The van der Waals surface area contributed by atoms with Gasteiger partial charge >= 0.3 is 0 Å². The Kier molecular flexibility index (Phi) is 4.47. The number of hydrogen-bond acceptors (Lipinski definition) is 5. The highest BCUT2D eigenvalue weighted by atomic mass is 16.5. The molecule has 23 heavy (non-hydrogen) atoms. The van der Waals surface area contributed by atoms with Crippen LogP contribution in [0.5, 0.6) is 0 Å². The summed E-state index contributed by atoms with van der Waals surface area (Å²) in [6.45, 7) is 7.52. The Morgan fingerprint density at radius 3 is 2.96 bits per heavy atom. The number of aryl methyl sites for hydroxylation is 2. The van der Waals surface area contributed by atoms with E-state index < -0.39 is 0 Å². The molecule has 0 bridgehead atoms. The number of carbonyl (C=O) groups excluding carboxylic acids is 1. The van der Waals surface area contributed by atoms with Gasteiger partial charge in [0.1, 0.15) is 0 Å². The molecule has 3 rings (SSSR count). The molecular formula is C16H23N5O2. The van der Waals surface area contributed by atoms with Crippen molar-refractivity contribution >= 4 is 11.8 Å². The third-order valence-electron chi connectivity index (χ3n) is 4.40. The Labute approximate surface area is 135 Å². The standard InChI is InChI=1S/C16H23N5O2/c1-10-7-14(19-18-10)13-5-4-6-21(9-13)12(3)16(22)17-15-8-11(2)20-23-15/h7-8,12-13H,4-6,9H2,1-3H3,(H,17,22)(H,18,19)/t12-,13+/m0/s1. The fraction of sp³-hybridized carbons (Fsp3) is 0.562. The summed E-state index contributed by atoms with van der Waals surface area (Å²) in [6.07, 6.45) is 2.17. The van der Waals surface area contributed by atoms with E-state index in [2.05, 4.69) is 31.6 Å². The van der Waals surface area contributed by atoms with E-state index in [0.29, 0.717) is 11.8 Å². The van der Waals surface area contributed by atoms with Gasteiger partial charge in [-0.25, -0.2) is 0 Å². The SMILES string of the molecule is Cc1cc(NC(=O)[C@H](C)N2CCC[C@@H](c3cc(C)[nH]n3)C2)on1. The smallest absolute Gasteiger partial charge is 0.243 e. The van der Waals surface area contributed by atoms with Gasteiger partial charge in [0, 0.05) is 24.2 Å². The molecule has 0 unspecified atom stereocenters. The van der Waals surface area contributed by atoms with Crippen LogP contribution in [0.1, 0.15) is 42.8 Å². The summed E-state index contributed by atoms with van der Waals surface area (Å²) in [6, 6.07) is 3.59. The van der Waals surface area contributed by atoms with Gasteiger partial charge in [0.15, 0.2) is 0 Å². The summed E-state index contributed by atoms with van der Waals surface area (Å²) in [7, 11) is 0. The molecule has 1 amide bonds. The maximum Gasteiger partial charge on any atom is 0.243 e. The number of carbonyl (C=O) groups is 1. The molecule has 2 aromatic rings. The van der Waals surface area contributed by atoms with Gasteiger partial charge in [-0.1, -0.05) is 5.16 Å².